The van der Waals surface area contributed by atoms with Gasteiger partial charge in [0.15, 0.2) is 0 Å². The lowest BCUT2D eigenvalue weighted by molar-refractivity contribution is -0.146. The zero-order chi connectivity index (χ0) is 16.9. The van der Waals surface area contributed by atoms with Crippen LogP contribution in [0.3, 0.4) is 0 Å². The third-order valence-corrected chi connectivity index (χ3v) is 3.72. The highest BCUT2D eigenvalue weighted by Crippen LogP contribution is 2.23. The van der Waals surface area contributed by atoms with E-state index < -0.39 is 11.5 Å². The summed E-state index contributed by atoms with van der Waals surface area (Å²) in [6, 6.07) is 3.96. The Bertz CT molecular complexity index is 541. The lowest BCUT2D eigenvalue weighted by atomic mass is 9.97. The van der Waals surface area contributed by atoms with Gasteiger partial charge in [0.25, 0.3) is 0 Å². The third-order valence-electron chi connectivity index (χ3n) is 3.72. The Labute approximate surface area is 131 Å². The normalized spacial score (nSPS) is 11.1. The molecule has 0 spiro atoms. The number of carboxylic acids is 1. The van der Waals surface area contributed by atoms with E-state index in [2.05, 4.69) is 5.32 Å². The summed E-state index contributed by atoms with van der Waals surface area (Å²) < 4.78 is 5.23. The molecule has 0 unspecified atom stereocenters. The molecule has 1 rings (SSSR count). The highest BCUT2D eigenvalue weighted by atomic mass is 16.5. The van der Waals surface area contributed by atoms with Crippen LogP contribution in [-0.4, -0.2) is 29.6 Å². The topological polar surface area (TPSA) is 75.6 Å². The summed E-state index contributed by atoms with van der Waals surface area (Å²) in [4.78, 5) is 22.8. The molecule has 0 saturated heterocycles. The minimum Gasteiger partial charge on any atom is -0.497 e. The first-order chi connectivity index (χ1) is 10.2. The summed E-state index contributed by atoms with van der Waals surface area (Å²) in [5, 5.41) is 11.5. The van der Waals surface area contributed by atoms with Crippen LogP contribution < -0.4 is 10.1 Å². The van der Waals surface area contributed by atoms with Crippen molar-refractivity contribution in [3.63, 3.8) is 0 Å². The van der Waals surface area contributed by atoms with Crippen molar-refractivity contribution >= 4 is 11.9 Å². The Morgan fingerprint density at radius 2 is 1.77 bits per heavy atom. The van der Waals surface area contributed by atoms with Crippen LogP contribution in [-0.2, 0) is 16.0 Å². The maximum Gasteiger partial charge on any atom is 0.328 e. The van der Waals surface area contributed by atoms with Crippen LogP contribution >= 0.6 is 0 Å². The molecule has 5 heteroatoms. The molecule has 0 atom stereocenters. The van der Waals surface area contributed by atoms with Crippen molar-refractivity contribution in [3.05, 3.63) is 28.8 Å². The standard InChI is InChI=1S/C17H25NO4/c1-11-9-13(22-5)10-12(2)14(11)7-6-8-15(19)18-17(3,4)16(20)21/h9-10H,6-8H2,1-5H3,(H,18,19)(H,20,21). The Morgan fingerprint density at radius 3 is 2.23 bits per heavy atom. The molecule has 2 N–H and O–H groups in total. The number of nitrogens with one attached hydrogen (secondary N) is 1. The fourth-order valence-corrected chi connectivity index (χ4v) is 2.36. The van der Waals surface area contributed by atoms with Crippen LogP contribution in [0.5, 0.6) is 5.75 Å². The summed E-state index contributed by atoms with van der Waals surface area (Å²) in [7, 11) is 1.64. The van der Waals surface area contributed by atoms with Gasteiger partial charge < -0.3 is 15.2 Å². The van der Waals surface area contributed by atoms with Crippen LogP contribution in [0, 0.1) is 13.8 Å². The van der Waals surface area contributed by atoms with Gasteiger partial charge in [-0.15, -0.1) is 0 Å². The van der Waals surface area contributed by atoms with Gasteiger partial charge in [-0.25, -0.2) is 4.79 Å². The molecule has 0 aliphatic heterocycles. The summed E-state index contributed by atoms with van der Waals surface area (Å²) in [5.74, 6) is -0.446. The molecule has 22 heavy (non-hydrogen) atoms. The van der Waals surface area contributed by atoms with Crippen LogP contribution in [0.2, 0.25) is 0 Å². The molecule has 0 saturated carbocycles. The largest absolute Gasteiger partial charge is 0.497 e. The fraction of sp³-hybridized carbons (Fsp3) is 0.529. The van der Waals surface area contributed by atoms with E-state index in [4.69, 9.17) is 9.84 Å². The number of benzene rings is 1. The van der Waals surface area contributed by atoms with Gasteiger partial charge in [0.05, 0.1) is 7.11 Å². The lowest BCUT2D eigenvalue weighted by Crippen LogP contribution is -2.49. The highest BCUT2D eigenvalue weighted by molar-refractivity contribution is 5.86. The maximum absolute atomic E-state index is 11.8. The molecule has 0 heterocycles. The van der Waals surface area contributed by atoms with Gasteiger partial charge in [-0.1, -0.05) is 0 Å². The first-order valence-corrected chi connectivity index (χ1v) is 7.36. The molecular formula is C17H25NO4. The molecule has 0 aliphatic rings. The number of carboxylic acid groups (broad SMARTS) is 1. The molecule has 0 bridgehead atoms. The smallest absolute Gasteiger partial charge is 0.328 e. The monoisotopic (exact) mass is 307 g/mol. The number of carbonyl (C=O) groups excluding carboxylic acids is 1. The fourth-order valence-electron chi connectivity index (χ4n) is 2.36. The zero-order valence-electron chi connectivity index (χ0n) is 13.9. The second-order valence-electron chi connectivity index (χ2n) is 6.07. The molecule has 0 aromatic heterocycles. The van der Waals surface area contributed by atoms with Crippen molar-refractivity contribution in [1.29, 1.82) is 0 Å². The average Bonchev–Trinajstić information content (AvgIpc) is 2.40. The first kappa shape index (κ1) is 18.0. The second-order valence-corrected chi connectivity index (χ2v) is 6.07. The number of methoxy groups -OCH3 is 1. The second kappa shape index (κ2) is 7.29. The van der Waals surface area contributed by atoms with E-state index in [1.165, 1.54) is 19.4 Å². The average molecular weight is 307 g/mol. The molecule has 0 fully saturated rings. The Morgan fingerprint density at radius 1 is 1.23 bits per heavy atom. The van der Waals surface area contributed by atoms with E-state index in [0.29, 0.717) is 12.8 Å². The predicted molar refractivity (Wildman–Crippen MR) is 85.3 cm³/mol. The van der Waals surface area contributed by atoms with Gasteiger partial charge in [0.2, 0.25) is 5.91 Å². The summed E-state index contributed by atoms with van der Waals surface area (Å²) >= 11 is 0. The van der Waals surface area contributed by atoms with Crippen LogP contribution in [0.1, 0.15) is 43.4 Å². The zero-order valence-corrected chi connectivity index (χ0v) is 13.9. The van der Waals surface area contributed by atoms with Gasteiger partial charge in [-0.2, -0.15) is 0 Å². The van der Waals surface area contributed by atoms with Crippen molar-refractivity contribution in [2.75, 3.05) is 7.11 Å². The maximum atomic E-state index is 11.8. The molecular weight excluding hydrogens is 282 g/mol. The molecule has 1 aromatic rings. The van der Waals surface area contributed by atoms with E-state index in [9.17, 15) is 9.59 Å². The number of hydrogen-bond acceptors (Lipinski definition) is 3. The minimum atomic E-state index is -1.23. The van der Waals surface area contributed by atoms with E-state index in [0.717, 1.165) is 23.3 Å². The Balaban J connectivity index is 2.58. The van der Waals surface area contributed by atoms with Gasteiger partial charge >= 0.3 is 5.97 Å². The lowest BCUT2D eigenvalue weighted by Gasteiger charge is -2.21. The molecule has 0 radical (unpaired) electrons. The Kier molecular flexibility index (Phi) is 5.97. The number of aliphatic carboxylic acids is 1. The van der Waals surface area contributed by atoms with E-state index in [1.807, 2.05) is 26.0 Å². The van der Waals surface area contributed by atoms with Gasteiger partial charge in [-0.05, 0) is 69.4 Å². The number of hydrogen-bond donors (Lipinski definition) is 2. The first-order valence-electron chi connectivity index (χ1n) is 7.36. The van der Waals surface area contributed by atoms with E-state index >= 15 is 0 Å². The SMILES string of the molecule is COc1cc(C)c(CCCC(=O)NC(C)(C)C(=O)O)c(C)c1. The van der Waals surface area contributed by atoms with E-state index in [1.54, 1.807) is 7.11 Å². The number of rotatable bonds is 7. The third kappa shape index (κ3) is 4.76. The molecule has 122 valence electrons. The number of aryl methyl sites for hydroxylation is 2. The van der Waals surface area contributed by atoms with Crippen molar-refractivity contribution < 1.29 is 19.4 Å². The van der Waals surface area contributed by atoms with Crippen molar-refractivity contribution in [2.24, 2.45) is 0 Å². The van der Waals surface area contributed by atoms with Gasteiger partial charge in [-0.3, -0.25) is 4.79 Å². The van der Waals surface area contributed by atoms with Crippen LogP contribution in [0.25, 0.3) is 0 Å². The van der Waals surface area contributed by atoms with Gasteiger partial charge in [0, 0.05) is 6.42 Å². The minimum absolute atomic E-state index is 0.240. The van der Waals surface area contributed by atoms with Crippen molar-refractivity contribution in [1.82, 2.24) is 5.32 Å². The molecule has 1 amide bonds. The van der Waals surface area contributed by atoms with Crippen LogP contribution in [0.15, 0.2) is 12.1 Å². The predicted octanol–water partition coefficient (Wildman–Crippen LogP) is 2.61. The van der Waals surface area contributed by atoms with Crippen LogP contribution in [0.4, 0.5) is 0 Å². The molecule has 5 nitrogen and oxygen atoms in total. The summed E-state index contributed by atoms with van der Waals surface area (Å²) in [6.45, 7) is 7.01. The van der Waals surface area contributed by atoms with Crippen molar-refractivity contribution in [3.8, 4) is 5.75 Å². The van der Waals surface area contributed by atoms with E-state index in [-0.39, 0.29) is 5.91 Å². The quantitative estimate of drug-likeness (QED) is 0.812. The summed E-state index contributed by atoms with van der Waals surface area (Å²) in [5.41, 5.74) is 2.26. The molecule has 0 aliphatic carbocycles. The van der Waals surface area contributed by atoms with Crippen molar-refractivity contribution in [2.45, 2.75) is 52.5 Å². The van der Waals surface area contributed by atoms with Gasteiger partial charge in [0.1, 0.15) is 11.3 Å². The number of carbonyl (C=O) groups is 2. The Hall–Kier alpha value is -2.04. The number of ether oxygens (including phenoxy) is 1. The number of amides is 1. The molecule has 1 aromatic carbocycles. The summed E-state index contributed by atoms with van der Waals surface area (Å²) in [6.07, 6.45) is 1.76. The highest BCUT2D eigenvalue weighted by Gasteiger charge is 2.28.